The summed E-state index contributed by atoms with van der Waals surface area (Å²) in [6.45, 7) is 5.28. The first-order chi connectivity index (χ1) is 18.1. The minimum atomic E-state index is -4.80. The fourth-order valence-corrected chi connectivity index (χ4v) is 6.31. The summed E-state index contributed by atoms with van der Waals surface area (Å²) in [5.41, 5.74) is 0.868. The number of likely N-dealkylation sites (N-methyl/N-ethyl adjacent to an activating group) is 1. The number of benzene rings is 2. The second-order valence-corrected chi connectivity index (χ2v) is 10.8. The van der Waals surface area contributed by atoms with Crippen molar-refractivity contribution in [3.63, 3.8) is 0 Å². The van der Waals surface area contributed by atoms with Crippen molar-refractivity contribution in [1.29, 1.82) is 5.26 Å². The predicted molar refractivity (Wildman–Crippen MR) is 140 cm³/mol. The van der Waals surface area contributed by atoms with Crippen molar-refractivity contribution < 1.29 is 17.6 Å². The summed E-state index contributed by atoms with van der Waals surface area (Å²) in [7, 11) is 8.66. The van der Waals surface area contributed by atoms with E-state index in [-0.39, 0.29) is 22.9 Å². The van der Waals surface area contributed by atoms with Crippen LogP contribution >= 0.6 is 0 Å². The summed E-state index contributed by atoms with van der Waals surface area (Å²) in [6.07, 6.45) is -1.96. The summed E-state index contributed by atoms with van der Waals surface area (Å²) >= 11 is 0. The predicted octanol–water partition coefficient (Wildman–Crippen LogP) is 4.05. The van der Waals surface area contributed by atoms with E-state index in [2.05, 4.69) is 39.2 Å². The van der Waals surface area contributed by atoms with E-state index in [4.69, 9.17) is 7.49 Å². The van der Waals surface area contributed by atoms with Crippen molar-refractivity contribution in [2.45, 2.75) is 36.9 Å². The first-order valence-electron chi connectivity index (χ1n) is 13.0. The fraction of sp³-hybridized carbons (Fsp3) is 0.500. The molecule has 0 spiro atoms. The molecule has 3 fully saturated rings. The van der Waals surface area contributed by atoms with E-state index in [0.29, 0.717) is 18.0 Å². The molecule has 5 nitrogen and oxygen atoms in total. The van der Waals surface area contributed by atoms with Gasteiger partial charge in [0.1, 0.15) is 0 Å². The van der Waals surface area contributed by atoms with Gasteiger partial charge in [-0.25, -0.2) is 0 Å². The molecule has 38 heavy (non-hydrogen) atoms. The molecule has 2 aromatic carbocycles. The molecule has 2 aromatic rings. The second kappa shape index (κ2) is 10.3. The topological polar surface area (TPSA) is 45.5 Å². The number of nitrogens with one attached hydrogen (secondary N) is 1. The van der Waals surface area contributed by atoms with Gasteiger partial charge in [0.05, 0.1) is 0 Å². The van der Waals surface area contributed by atoms with Crippen LogP contribution in [-0.4, -0.2) is 80.3 Å². The van der Waals surface area contributed by atoms with Crippen molar-refractivity contribution in [1.82, 2.24) is 14.7 Å². The molecule has 3 atom stereocenters. The summed E-state index contributed by atoms with van der Waals surface area (Å²) in [5, 5.41) is 12.3. The Morgan fingerprint density at radius 1 is 1.18 bits per heavy atom. The van der Waals surface area contributed by atoms with Gasteiger partial charge in [-0.2, -0.15) is 0 Å². The average Bonchev–Trinajstić information content (AvgIpc) is 3.52. The number of nitrogens with zero attached hydrogens (tertiary/aromatic N) is 4. The molecule has 2 saturated carbocycles. The molecule has 10 heteroatoms. The van der Waals surface area contributed by atoms with E-state index in [1.165, 1.54) is 11.6 Å². The van der Waals surface area contributed by atoms with Crippen LogP contribution < -0.4 is 5.32 Å². The molecular weight excluding hydrogens is 493 g/mol. The van der Waals surface area contributed by atoms with Crippen LogP contribution in [0.1, 0.15) is 36.0 Å². The van der Waals surface area contributed by atoms with Gasteiger partial charge < -0.3 is 0 Å². The van der Waals surface area contributed by atoms with Gasteiger partial charge >= 0.3 is 222 Å². The minimum absolute atomic E-state index is 0.00320. The number of halogens is 4. The standard InChI is InChI=1S/C28H31BF4N5/c1-36-9-11-37(12-10-36)13-14-38(26(29)35-21-5-6-24(30)22(16-21)28(31,32)33)25-7-8-27(17-23(25)27)20-4-2-3-19(15-20)18-34/h2-6,15-16,23,25,35H,7-14,17H2,1H3/t23-,25-,27-/m1/s1. The molecule has 2 aliphatic carbocycles. The van der Waals surface area contributed by atoms with E-state index in [1.54, 1.807) is 6.07 Å². The van der Waals surface area contributed by atoms with Crippen LogP contribution in [0.25, 0.3) is 0 Å². The summed E-state index contributed by atoms with van der Waals surface area (Å²) in [5.74, 6) is -0.977. The second-order valence-electron chi connectivity index (χ2n) is 10.8. The number of fused-ring (bicyclic) bond motifs is 1. The normalized spacial score (nSPS) is 25.4. The van der Waals surface area contributed by atoms with Crippen LogP contribution in [0, 0.1) is 23.1 Å². The zero-order chi connectivity index (χ0) is 27.1. The Morgan fingerprint density at radius 2 is 1.95 bits per heavy atom. The first-order valence-corrected chi connectivity index (χ1v) is 13.0. The summed E-state index contributed by atoms with van der Waals surface area (Å²) in [6, 6.07) is 13.0. The molecule has 0 unspecified atom stereocenters. The SMILES string of the molecule is [B]=C(Nc1ccc(F)c(C(F)(F)F)c1)N(CCN1CCN(C)CC1)[C@@H]1CC[C@]2(c3cccc(C#N)c3)C[C@H]12. The van der Waals surface area contributed by atoms with E-state index >= 15 is 0 Å². The van der Waals surface area contributed by atoms with Crippen molar-refractivity contribution in [2.75, 3.05) is 51.6 Å². The number of hydrogen-bond donors (Lipinski definition) is 1. The van der Waals surface area contributed by atoms with Crippen LogP contribution in [0.3, 0.4) is 0 Å². The molecule has 1 heterocycles. The molecule has 1 aliphatic heterocycles. The van der Waals surface area contributed by atoms with Crippen LogP contribution in [0.15, 0.2) is 42.5 Å². The van der Waals surface area contributed by atoms with E-state index in [1.807, 2.05) is 12.1 Å². The van der Waals surface area contributed by atoms with Crippen LogP contribution in [0.5, 0.6) is 0 Å². The van der Waals surface area contributed by atoms with E-state index in [9.17, 15) is 22.8 Å². The maximum atomic E-state index is 13.9. The van der Waals surface area contributed by atoms with Crippen molar-refractivity contribution >= 4 is 18.9 Å². The van der Waals surface area contributed by atoms with E-state index < -0.39 is 17.6 Å². The zero-order valence-corrected chi connectivity index (χ0v) is 21.4. The van der Waals surface area contributed by atoms with Gasteiger partial charge in [0.25, 0.3) is 0 Å². The third-order valence-electron chi connectivity index (χ3n) is 8.56. The molecule has 5 rings (SSSR count). The quantitative estimate of drug-likeness (QED) is 0.417. The van der Waals surface area contributed by atoms with Crippen molar-refractivity contribution in [2.24, 2.45) is 5.92 Å². The number of hydrogen-bond acceptors (Lipinski definition) is 5. The van der Waals surface area contributed by atoms with E-state index in [0.717, 1.165) is 64.1 Å². The Kier molecular flexibility index (Phi) is 7.27. The molecule has 199 valence electrons. The van der Waals surface area contributed by atoms with Gasteiger partial charge in [-0.1, -0.05) is 0 Å². The Bertz CT molecular complexity index is 1240. The molecular formula is C28H31BF4N5. The fourth-order valence-electron chi connectivity index (χ4n) is 6.31. The molecule has 1 saturated heterocycles. The number of piperazine rings is 1. The van der Waals surface area contributed by atoms with Gasteiger partial charge in [-0.3, -0.25) is 0 Å². The Labute approximate surface area is 222 Å². The van der Waals surface area contributed by atoms with Crippen LogP contribution in [0.4, 0.5) is 23.2 Å². The average molecular weight is 524 g/mol. The monoisotopic (exact) mass is 524 g/mol. The van der Waals surface area contributed by atoms with Gasteiger partial charge in [-0.05, 0) is 0 Å². The van der Waals surface area contributed by atoms with Crippen LogP contribution in [0.2, 0.25) is 0 Å². The zero-order valence-electron chi connectivity index (χ0n) is 21.4. The van der Waals surface area contributed by atoms with Crippen LogP contribution in [-0.2, 0) is 11.6 Å². The summed E-state index contributed by atoms with van der Waals surface area (Å²) < 4.78 is 53.7. The molecule has 0 bridgehead atoms. The summed E-state index contributed by atoms with van der Waals surface area (Å²) in [4.78, 5) is 6.77. The third kappa shape index (κ3) is 5.32. The van der Waals surface area contributed by atoms with Crippen molar-refractivity contribution in [3.8, 4) is 6.07 Å². The van der Waals surface area contributed by atoms with Gasteiger partial charge in [-0.15, -0.1) is 0 Å². The Balaban J connectivity index is 1.35. The third-order valence-corrected chi connectivity index (χ3v) is 8.56. The number of alkyl halides is 3. The molecule has 0 amide bonds. The number of anilines is 1. The Hall–Kier alpha value is -2.90. The molecule has 0 aromatic heterocycles. The maximum absolute atomic E-state index is 13.9. The number of nitriles is 1. The molecule has 1 radical (unpaired) electrons. The van der Waals surface area contributed by atoms with Crippen molar-refractivity contribution in [3.05, 3.63) is 65.0 Å². The molecule has 1 N–H and O–H groups in total. The molecule has 3 aliphatic rings. The van der Waals surface area contributed by atoms with Gasteiger partial charge in [0.2, 0.25) is 0 Å². The Morgan fingerprint density at radius 3 is 2.63 bits per heavy atom. The first kappa shape index (κ1) is 26.7. The van der Waals surface area contributed by atoms with Gasteiger partial charge in [0.15, 0.2) is 0 Å². The number of rotatable bonds is 8. The van der Waals surface area contributed by atoms with Gasteiger partial charge in [0, 0.05) is 0 Å².